The highest BCUT2D eigenvalue weighted by Crippen LogP contribution is 2.19. The predicted molar refractivity (Wildman–Crippen MR) is 94.9 cm³/mol. The van der Waals surface area contributed by atoms with Crippen molar-refractivity contribution in [3.8, 4) is 0 Å². The van der Waals surface area contributed by atoms with E-state index in [-0.39, 0.29) is 5.82 Å². The maximum absolute atomic E-state index is 13.4. The smallest absolute Gasteiger partial charge is 0.193 e. The first-order valence-electron chi connectivity index (χ1n) is 8.42. The summed E-state index contributed by atoms with van der Waals surface area (Å²) < 4.78 is 18.9. The van der Waals surface area contributed by atoms with Crippen molar-refractivity contribution < 1.29 is 9.13 Å². The average Bonchev–Trinajstić information content (AvgIpc) is 3.21. The van der Waals surface area contributed by atoms with Gasteiger partial charge in [-0.1, -0.05) is 0 Å². The zero-order valence-electron chi connectivity index (χ0n) is 14.3. The molecule has 1 aliphatic heterocycles. The first kappa shape index (κ1) is 16.8. The standard InChI is InChI=1S/C18H25FN4O/c1-20-18(23(2)11-13-6-8-24-12-13)21-7-5-14-10-22-17-4-3-15(19)9-16(14)17/h3-4,9-10,13,22H,5-8,11-12H2,1-2H3,(H,20,21). The molecule has 1 aromatic carbocycles. The van der Waals surface area contributed by atoms with Crippen molar-refractivity contribution in [2.45, 2.75) is 12.8 Å². The van der Waals surface area contributed by atoms with E-state index < -0.39 is 0 Å². The third kappa shape index (κ3) is 3.87. The normalized spacial score (nSPS) is 18.3. The maximum atomic E-state index is 13.4. The van der Waals surface area contributed by atoms with Crippen LogP contribution in [0.5, 0.6) is 0 Å². The van der Waals surface area contributed by atoms with Crippen LogP contribution in [0.4, 0.5) is 4.39 Å². The average molecular weight is 332 g/mol. The molecule has 0 spiro atoms. The number of aromatic amines is 1. The van der Waals surface area contributed by atoms with Crippen LogP contribution in [0, 0.1) is 11.7 Å². The lowest BCUT2D eigenvalue weighted by molar-refractivity contribution is 0.181. The Morgan fingerprint density at radius 3 is 3.12 bits per heavy atom. The molecule has 0 bridgehead atoms. The minimum Gasteiger partial charge on any atom is -0.381 e. The summed E-state index contributed by atoms with van der Waals surface area (Å²) in [5.74, 6) is 1.25. The molecule has 1 unspecified atom stereocenters. The Morgan fingerprint density at radius 1 is 1.50 bits per heavy atom. The van der Waals surface area contributed by atoms with E-state index >= 15 is 0 Å². The van der Waals surface area contributed by atoms with Crippen molar-refractivity contribution in [3.05, 3.63) is 35.8 Å². The Hall–Kier alpha value is -2.08. The van der Waals surface area contributed by atoms with E-state index in [4.69, 9.17) is 4.74 Å². The quantitative estimate of drug-likeness (QED) is 0.653. The predicted octanol–water partition coefficient (Wildman–Crippen LogP) is 2.39. The highest BCUT2D eigenvalue weighted by Gasteiger charge is 2.19. The molecule has 5 nitrogen and oxygen atoms in total. The molecule has 0 saturated carbocycles. The molecule has 1 atom stereocenters. The molecular formula is C18H25FN4O. The van der Waals surface area contributed by atoms with E-state index in [0.717, 1.165) is 61.6 Å². The van der Waals surface area contributed by atoms with E-state index in [1.807, 2.05) is 6.20 Å². The second-order valence-corrected chi connectivity index (χ2v) is 6.34. The van der Waals surface area contributed by atoms with Crippen molar-refractivity contribution >= 4 is 16.9 Å². The molecular weight excluding hydrogens is 307 g/mol. The van der Waals surface area contributed by atoms with Crippen molar-refractivity contribution in [3.63, 3.8) is 0 Å². The Morgan fingerprint density at radius 2 is 2.38 bits per heavy atom. The zero-order valence-corrected chi connectivity index (χ0v) is 14.3. The molecule has 24 heavy (non-hydrogen) atoms. The first-order valence-corrected chi connectivity index (χ1v) is 8.42. The number of nitrogens with zero attached hydrogens (tertiary/aromatic N) is 2. The molecule has 130 valence electrons. The number of halogens is 1. The lowest BCUT2D eigenvalue weighted by atomic mass is 10.1. The minimum absolute atomic E-state index is 0.203. The molecule has 1 aromatic heterocycles. The molecule has 3 rings (SSSR count). The van der Waals surface area contributed by atoms with Gasteiger partial charge in [0.2, 0.25) is 0 Å². The van der Waals surface area contributed by atoms with Gasteiger partial charge in [-0.2, -0.15) is 0 Å². The van der Waals surface area contributed by atoms with E-state index in [1.54, 1.807) is 19.2 Å². The Bertz CT molecular complexity index is 706. The Labute approximate surface area is 141 Å². The highest BCUT2D eigenvalue weighted by atomic mass is 19.1. The summed E-state index contributed by atoms with van der Waals surface area (Å²) >= 11 is 0. The summed E-state index contributed by atoms with van der Waals surface area (Å²) in [5, 5.41) is 4.34. The molecule has 1 fully saturated rings. The van der Waals surface area contributed by atoms with Crippen molar-refractivity contribution in [1.29, 1.82) is 0 Å². The largest absolute Gasteiger partial charge is 0.381 e. The van der Waals surface area contributed by atoms with Gasteiger partial charge in [-0.25, -0.2) is 4.39 Å². The molecule has 0 amide bonds. The summed E-state index contributed by atoms with van der Waals surface area (Å²) in [5.41, 5.74) is 2.08. The van der Waals surface area contributed by atoms with Gasteiger partial charge >= 0.3 is 0 Å². The van der Waals surface area contributed by atoms with Gasteiger partial charge in [-0.05, 0) is 36.6 Å². The van der Waals surface area contributed by atoms with Gasteiger partial charge in [0, 0.05) is 56.8 Å². The maximum Gasteiger partial charge on any atom is 0.193 e. The molecule has 0 radical (unpaired) electrons. The fourth-order valence-corrected chi connectivity index (χ4v) is 3.25. The lowest BCUT2D eigenvalue weighted by Gasteiger charge is -2.24. The van der Waals surface area contributed by atoms with Gasteiger partial charge in [-0.15, -0.1) is 0 Å². The molecule has 2 heterocycles. The summed E-state index contributed by atoms with van der Waals surface area (Å²) in [6, 6.07) is 4.84. The monoisotopic (exact) mass is 332 g/mol. The number of hydrogen-bond acceptors (Lipinski definition) is 2. The van der Waals surface area contributed by atoms with E-state index in [9.17, 15) is 4.39 Å². The minimum atomic E-state index is -0.203. The topological polar surface area (TPSA) is 52.7 Å². The van der Waals surface area contributed by atoms with Gasteiger partial charge in [0.1, 0.15) is 5.82 Å². The summed E-state index contributed by atoms with van der Waals surface area (Å²) in [7, 11) is 3.85. The van der Waals surface area contributed by atoms with Crippen molar-refractivity contribution in [2.75, 3.05) is 40.4 Å². The van der Waals surface area contributed by atoms with E-state index in [0.29, 0.717) is 5.92 Å². The molecule has 2 N–H and O–H groups in total. The van der Waals surface area contributed by atoms with Crippen LogP contribution in [0.2, 0.25) is 0 Å². The van der Waals surface area contributed by atoms with E-state index in [1.165, 1.54) is 6.07 Å². The molecule has 0 aliphatic carbocycles. The SMILES string of the molecule is CN=C(NCCc1c[nH]c2ccc(F)cc12)N(C)CC1CCOC1. The second kappa shape index (κ2) is 7.66. The number of fused-ring (bicyclic) bond motifs is 1. The number of aromatic nitrogens is 1. The number of aliphatic imine (C=N–C) groups is 1. The molecule has 6 heteroatoms. The molecule has 1 saturated heterocycles. The lowest BCUT2D eigenvalue weighted by Crippen LogP contribution is -2.42. The van der Waals surface area contributed by atoms with Crippen LogP contribution >= 0.6 is 0 Å². The number of rotatable bonds is 5. The van der Waals surface area contributed by atoms with Crippen molar-refractivity contribution in [1.82, 2.24) is 15.2 Å². The zero-order chi connectivity index (χ0) is 16.9. The molecule has 2 aromatic rings. The fraction of sp³-hybridized carbons (Fsp3) is 0.500. The van der Waals surface area contributed by atoms with Crippen LogP contribution in [0.15, 0.2) is 29.4 Å². The number of ether oxygens (including phenoxy) is 1. The fourth-order valence-electron chi connectivity index (χ4n) is 3.25. The third-order valence-corrected chi connectivity index (χ3v) is 4.54. The van der Waals surface area contributed by atoms with Crippen LogP contribution in [0.25, 0.3) is 10.9 Å². The third-order valence-electron chi connectivity index (χ3n) is 4.54. The highest BCUT2D eigenvalue weighted by molar-refractivity contribution is 5.83. The van der Waals surface area contributed by atoms with Crippen LogP contribution in [0.1, 0.15) is 12.0 Å². The molecule has 1 aliphatic rings. The van der Waals surface area contributed by atoms with Crippen LogP contribution in [0.3, 0.4) is 0 Å². The number of guanidine groups is 1. The van der Waals surface area contributed by atoms with Gasteiger partial charge in [0.15, 0.2) is 5.96 Å². The van der Waals surface area contributed by atoms with Crippen LogP contribution in [-0.4, -0.2) is 56.2 Å². The van der Waals surface area contributed by atoms with Crippen molar-refractivity contribution in [2.24, 2.45) is 10.9 Å². The van der Waals surface area contributed by atoms with Crippen LogP contribution < -0.4 is 5.32 Å². The van der Waals surface area contributed by atoms with Gasteiger partial charge in [0.05, 0.1) is 6.61 Å². The van der Waals surface area contributed by atoms with Gasteiger partial charge < -0.3 is 19.9 Å². The first-order chi connectivity index (χ1) is 11.7. The second-order valence-electron chi connectivity index (χ2n) is 6.34. The van der Waals surface area contributed by atoms with Crippen LogP contribution in [-0.2, 0) is 11.2 Å². The number of H-pyrrole nitrogens is 1. The van der Waals surface area contributed by atoms with E-state index in [2.05, 4.69) is 27.2 Å². The number of benzene rings is 1. The van der Waals surface area contributed by atoms with Gasteiger partial charge in [-0.3, -0.25) is 4.99 Å². The van der Waals surface area contributed by atoms with Gasteiger partial charge in [0.25, 0.3) is 0 Å². The summed E-state index contributed by atoms with van der Waals surface area (Å²) in [4.78, 5) is 9.68. The number of nitrogens with one attached hydrogen (secondary N) is 2. The summed E-state index contributed by atoms with van der Waals surface area (Å²) in [6.07, 6.45) is 3.87. The summed E-state index contributed by atoms with van der Waals surface area (Å²) in [6.45, 7) is 3.39. The number of hydrogen-bond donors (Lipinski definition) is 2. The Balaban J connectivity index is 1.54. The Kier molecular flexibility index (Phi) is 5.35.